The number of nitrogens with one attached hydrogen (secondary N) is 1. The first-order valence-corrected chi connectivity index (χ1v) is 11.7. The minimum absolute atomic E-state index is 0.106. The van der Waals surface area contributed by atoms with E-state index >= 15 is 0 Å². The molecule has 1 atom stereocenters. The minimum atomic E-state index is -0.712. The Kier molecular flexibility index (Phi) is 10.3. The Morgan fingerprint density at radius 3 is 2.31 bits per heavy atom. The van der Waals surface area contributed by atoms with Gasteiger partial charge in [-0.15, -0.1) is 0 Å². The number of hydrogen-bond donors (Lipinski definition) is 1. The quantitative estimate of drug-likeness (QED) is 0.413. The van der Waals surface area contributed by atoms with Crippen LogP contribution in [0, 0.1) is 0 Å². The second-order valence-electron chi connectivity index (χ2n) is 8.02. The number of amides is 2. The number of benzene rings is 2. The number of hydrogen-bond acceptors (Lipinski definition) is 3. The van der Waals surface area contributed by atoms with E-state index in [-0.39, 0.29) is 30.9 Å². The van der Waals surface area contributed by atoms with Crippen molar-refractivity contribution in [3.8, 4) is 5.75 Å². The van der Waals surface area contributed by atoms with Gasteiger partial charge in [0, 0.05) is 28.7 Å². The zero-order chi connectivity index (χ0) is 23.7. The summed E-state index contributed by atoms with van der Waals surface area (Å²) in [6.45, 7) is 8.36. The molecule has 0 unspecified atom stereocenters. The molecule has 0 aliphatic rings. The van der Waals surface area contributed by atoms with Gasteiger partial charge in [-0.05, 0) is 43.0 Å². The Balaban J connectivity index is 2.23. The molecule has 174 valence electrons. The lowest BCUT2D eigenvalue weighted by Crippen LogP contribution is -2.49. The maximum atomic E-state index is 13.2. The van der Waals surface area contributed by atoms with E-state index in [1.54, 1.807) is 25.1 Å². The van der Waals surface area contributed by atoms with Crippen molar-refractivity contribution < 1.29 is 14.3 Å². The molecule has 0 saturated carbocycles. The molecule has 0 aliphatic heterocycles. The van der Waals surface area contributed by atoms with E-state index in [1.165, 1.54) is 4.90 Å². The average molecular weight is 479 g/mol. The SMILES string of the molecule is CCCCNC(=O)[C@@H](C)N(Cc1c(Cl)cccc1Cl)C(=O)COc1ccccc1C(C)C. The lowest BCUT2D eigenvalue weighted by molar-refractivity contribution is -0.142. The fourth-order valence-electron chi connectivity index (χ4n) is 3.28. The summed E-state index contributed by atoms with van der Waals surface area (Å²) in [6, 6.07) is 12.1. The second-order valence-corrected chi connectivity index (χ2v) is 8.84. The Hall–Kier alpha value is -2.24. The maximum absolute atomic E-state index is 13.2. The largest absolute Gasteiger partial charge is 0.483 e. The summed E-state index contributed by atoms with van der Waals surface area (Å²) >= 11 is 12.7. The third-order valence-electron chi connectivity index (χ3n) is 5.28. The van der Waals surface area contributed by atoms with Crippen molar-refractivity contribution in [1.29, 1.82) is 0 Å². The fourth-order valence-corrected chi connectivity index (χ4v) is 3.80. The zero-order valence-electron chi connectivity index (χ0n) is 19.2. The van der Waals surface area contributed by atoms with Gasteiger partial charge in [0.2, 0.25) is 5.91 Å². The average Bonchev–Trinajstić information content (AvgIpc) is 2.77. The monoisotopic (exact) mass is 478 g/mol. The summed E-state index contributed by atoms with van der Waals surface area (Å²) in [5.74, 6) is 0.365. The first kappa shape index (κ1) is 26.0. The number of nitrogens with zero attached hydrogens (tertiary/aromatic N) is 1. The molecule has 2 aromatic rings. The van der Waals surface area contributed by atoms with Gasteiger partial charge in [0.1, 0.15) is 11.8 Å². The van der Waals surface area contributed by atoms with Crippen LogP contribution in [0.15, 0.2) is 42.5 Å². The summed E-state index contributed by atoms with van der Waals surface area (Å²) in [5, 5.41) is 3.78. The van der Waals surface area contributed by atoms with E-state index in [2.05, 4.69) is 26.1 Å². The Labute approximate surface area is 201 Å². The zero-order valence-corrected chi connectivity index (χ0v) is 20.7. The Morgan fingerprint density at radius 2 is 1.69 bits per heavy atom. The highest BCUT2D eigenvalue weighted by Gasteiger charge is 2.28. The molecule has 1 N–H and O–H groups in total. The molecular weight excluding hydrogens is 447 g/mol. The summed E-state index contributed by atoms with van der Waals surface area (Å²) in [4.78, 5) is 27.4. The van der Waals surface area contributed by atoms with Gasteiger partial charge >= 0.3 is 0 Å². The van der Waals surface area contributed by atoms with Gasteiger partial charge in [0.15, 0.2) is 6.61 Å². The van der Waals surface area contributed by atoms with Crippen LogP contribution in [0.5, 0.6) is 5.75 Å². The molecule has 0 aromatic heterocycles. The van der Waals surface area contributed by atoms with Gasteiger partial charge in [0.05, 0.1) is 0 Å². The molecule has 32 heavy (non-hydrogen) atoms. The van der Waals surface area contributed by atoms with Crippen LogP contribution in [0.3, 0.4) is 0 Å². The molecule has 0 spiro atoms. The van der Waals surface area contributed by atoms with Crippen molar-refractivity contribution in [3.63, 3.8) is 0 Å². The number of rotatable bonds is 11. The Morgan fingerprint density at radius 1 is 1.03 bits per heavy atom. The predicted octanol–water partition coefficient (Wildman–Crippen LogP) is 5.83. The van der Waals surface area contributed by atoms with Gasteiger partial charge < -0.3 is 15.0 Å². The Bertz CT molecular complexity index is 898. The summed E-state index contributed by atoms with van der Waals surface area (Å²) in [5.41, 5.74) is 1.62. The van der Waals surface area contributed by atoms with E-state index in [9.17, 15) is 9.59 Å². The van der Waals surface area contributed by atoms with Crippen LogP contribution in [-0.2, 0) is 16.1 Å². The standard InChI is InChI=1S/C25H32Cl2N2O3/c1-5-6-14-28-25(31)18(4)29(15-20-21(26)11-9-12-22(20)27)24(30)16-32-23-13-8-7-10-19(23)17(2)3/h7-13,17-18H,5-6,14-16H2,1-4H3,(H,28,31)/t18-/m1/s1. The first-order valence-electron chi connectivity index (χ1n) is 11.0. The van der Waals surface area contributed by atoms with Crippen LogP contribution in [-0.4, -0.2) is 35.9 Å². The fraction of sp³-hybridized carbons (Fsp3) is 0.440. The summed E-state index contributed by atoms with van der Waals surface area (Å²) < 4.78 is 5.88. The highest BCUT2D eigenvalue weighted by atomic mass is 35.5. The molecule has 0 radical (unpaired) electrons. The highest BCUT2D eigenvalue weighted by molar-refractivity contribution is 6.36. The summed E-state index contributed by atoms with van der Waals surface area (Å²) in [6.07, 6.45) is 1.84. The van der Waals surface area contributed by atoms with Gasteiger partial charge in [-0.1, -0.05) is 74.7 Å². The molecule has 0 fully saturated rings. The molecule has 0 bridgehead atoms. The lowest BCUT2D eigenvalue weighted by atomic mass is 10.0. The van der Waals surface area contributed by atoms with Gasteiger partial charge in [-0.2, -0.15) is 0 Å². The van der Waals surface area contributed by atoms with Gasteiger partial charge in [-0.3, -0.25) is 9.59 Å². The van der Waals surface area contributed by atoms with Crippen molar-refractivity contribution in [1.82, 2.24) is 10.2 Å². The van der Waals surface area contributed by atoms with Crippen molar-refractivity contribution >= 4 is 35.0 Å². The number of carbonyl (C=O) groups excluding carboxylic acids is 2. The molecule has 7 heteroatoms. The molecule has 0 saturated heterocycles. The highest BCUT2D eigenvalue weighted by Crippen LogP contribution is 2.28. The molecule has 2 rings (SSSR count). The van der Waals surface area contributed by atoms with Crippen LogP contribution >= 0.6 is 23.2 Å². The van der Waals surface area contributed by atoms with Crippen LogP contribution in [0.25, 0.3) is 0 Å². The topological polar surface area (TPSA) is 58.6 Å². The summed E-state index contributed by atoms with van der Waals surface area (Å²) in [7, 11) is 0. The molecule has 5 nitrogen and oxygen atoms in total. The third-order valence-corrected chi connectivity index (χ3v) is 5.99. The number of ether oxygens (including phenoxy) is 1. The lowest BCUT2D eigenvalue weighted by Gasteiger charge is -2.29. The molecule has 2 aromatic carbocycles. The van der Waals surface area contributed by atoms with Gasteiger partial charge in [0.25, 0.3) is 5.91 Å². The molecule has 0 aliphatic carbocycles. The molecule has 2 amide bonds. The van der Waals surface area contributed by atoms with Crippen molar-refractivity contribution in [3.05, 3.63) is 63.6 Å². The van der Waals surface area contributed by atoms with Crippen molar-refractivity contribution in [2.45, 2.75) is 59.0 Å². The smallest absolute Gasteiger partial charge is 0.261 e. The molecule has 0 heterocycles. The van der Waals surface area contributed by atoms with Crippen molar-refractivity contribution in [2.75, 3.05) is 13.2 Å². The third kappa shape index (κ3) is 7.14. The van der Waals surface area contributed by atoms with E-state index in [0.29, 0.717) is 27.9 Å². The van der Waals surface area contributed by atoms with E-state index in [1.807, 2.05) is 24.3 Å². The van der Waals surface area contributed by atoms with Crippen LogP contribution in [0.4, 0.5) is 0 Å². The minimum Gasteiger partial charge on any atom is -0.483 e. The molecular formula is C25H32Cl2N2O3. The number of para-hydroxylation sites is 1. The van der Waals surface area contributed by atoms with E-state index in [4.69, 9.17) is 27.9 Å². The van der Waals surface area contributed by atoms with Crippen molar-refractivity contribution in [2.24, 2.45) is 0 Å². The number of carbonyl (C=O) groups is 2. The van der Waals surface area contributed by atoms with Gasteiger partial charge in [-0.25, -0.2) is 0 Å². The first-order chi connectivity index (χ1) is 15.3. The number of halogens is 2. The predicted molar refractivity (Wildman–Crippen MR) is 130 cm³/mol. The second kappa shape index (κ2) is 12.7. The number of unbranched alkanes of at least 4 members (excludes halogenated alkanes) is 1. The maximum Gasteiger partial charge on any atom is 0.261 e. The van der Waals surface area contributed by atoms with Crippen LogP contribution in [0.2, 0.25) is 10.0 Å². The van der Waals surface area contributed by atoms with E-state index in [0.717, 1.165) is 18.4 Å². The van der Waals surface area contributed by atoms with Crippen LogP contribution in [0.1, 0.15) is 57.6 Å². The van der Waals surface area contributed by atoms with Crippen LogP contribution < -0.4 is 10.1 Å². The normalized spacial score (nSPS) is 11.8. The van der Waals surface area contributed by atoms with E-state index < -0.39 is 6.04 Å².